The molecule has 169 valence electrons. The van der Waals surface area contributed by atoms with E-state index in [1.54, 1.807) is 0 Å². The van der Waals surface area contributed by atoms with Gasteiger partial charge >= 0.3 is 57.4 Å². The Morgan fingerprint density at radius 2 is 0.897 bits per heavy atom. The molecule has 0 fully saturated rings. The van der Waals surface area contributed by atoms with E-state index in [9.17, 15) is 4.79 Å². The quantitative estimate of drug-likeness (QED) is 0.0970. The second-order valence-corrected chi connectivity index (χ2v) is 8.74. The molecule has 29 heavy (non-hydrogen) atoms. The van der Waals surface area contributed by atoms with Crippen LogP contribution >= 0.6 is 0 Å². The first-order valence-corrected chi connectivity index (χ1v) is 12.7. The molecule has 1 unspecified atom stereocenters. The summed E-state index contributed by atoms with van der Waals surface area (Å²) in [6, 6.07) is 0. The van der Waals surface area contributed by atoms with Crippen molar-refractivity contribution in [2.24, 2.45) is 0 Å². The van der Waals surface area contributed by atoms with Crippen molar-refractivity contribution in [2.75, 3.05) is 0 Å². The van der Waals surface area contributed by atoms with Crippen LogP contribution in [0.3, 0.4) is 0 Å². The second kappa shape index (κ2) is 27.1. The van der Waals surface area contributed by atoms with Gasteiger partial charge in [-0.2, -0.15) is 0 Å². The van der Waals surface area contributed by atoms with Gasteiger partial charge < -0.3 is 4.74 Å². The normalized spacial score (nSPS) is 11.8. The molecule has 0 aromatic heterocycles. The Kier molecular flexibility index (Phi) is 30.2. The van der Waals surface area contributed by atoms with E-state index < -0.39 is 0 Å². The van der Waals surface area contributed by atoms with Crippen LogP contribution < -0.4 is 0 Å². The van der Waals surface area contributed by atoms with Crippen LogP contribution in [0, 0.1) is 6.92 Å². The Hall–Kier alpha value is 1.11. The number of unbranched alkanes of at least 4 members (excludes halogenated alkanes) is 19. The summed E-state index contributed by atoms with van der Waals surface area (Å²) in [4.78, 5) is 10.8. The minimum absolute atomic E-state index is 0. The number of rotatable bonds is 22. The topological polar surface area (TPSA) is 26.3 Å². The predicted octanol–water partition coefficient (Wildman–Crippen LogP) is 8.32. The average Bonchev–Trinajstić information content (AvgIpc) is 2.66. The standard InChI is InChI=1S/C26H51O2.K.H/c1-4-5-6-7-8-9-10-11-12-13-14-15-16-17-18-19-20-21-22-23-24-25(2)28-26(3)27;;/h25H,2,4-24H2,1,3H3;;. The van der Waals surface area contributed by atoms with Gasteiger partial charge in [0.25, 0.3) is 0 Å². The first kappa shape index (κ1) is 32.3. The van der Waals surface area contributed by atoms with E-state index in [4.69, 9.17) is 4.74 Å². The first-order chi connectivity index (χ1) is 13.7. The Bertz CT molecular complexity index is 320. The number of hydrogen-bond acceptors (Lipinski definition) is 2. The van der Waals surface area contributed by atoms with Gasteiger partial charge in [0, 0.05) is 6.92 Å². The van der Waals surface area contributed by atoms with Crippen LogP contribution in [-0.2, 0) is 9.53 Å². The van der Waals surface area contributed by atoms with Gasteiger partial charge in [0.2, 0.25) is 0 Å². The maximum atomic E-state index is 10.8. The number of hydrogen-bond donors (Lipinski definition) is 0. The molecule has 0 amide bonds. The van der Waals surface area contributed by atoms with E-state index in [2.05, 4.69) is 13.8 Å². The molecule has 0 bridgehead atoms. The molecule has 3 heteroatoms. The fourth-order valence-electron chi connectivity index (χ4n) is 3.92. The summed E-state index contributed by atoms with van der Waals surface area (Å²) in [5.41, 5.74) is 0. The summed E-state index contributed by atoms with van der Waals surface area (Å²) >= 11 is 0. The van der Waals surface area contributed by atoms with Gasteiger partial charge in [-0.25, -0.2) is 0 Å². The summed E-state index contributed by atoms with van der Waals surface area (Å²) in [5.74, 6) is -0.215. The Morgan fingerprint density at radius 1 is 0.621 bits per heavy atom. The van der Waals surface area contributed by atoms with Gasteiger partial charge in [0.05, 0.1) is 0 Å². The van der Waals surface area contributed by atoms with Crippen LogP contribution in [0.2, 0.25) is 0 Å². The summed E-state index contributed by atoms with van der Waals surface area (Å²) in [6.45, 7) is 7.60. The second-order valence-electron chi connectivity index (χ2n) is 8.74. The van der Waals surface area contributed by atoms with Crippen LogP contribution in [0.5, 0.6) is 0 Å². The Morgan fingerprint density at radius 3 is 1.17 bits per heavy atom. The predicted molar refractivity (Wildman–Crippen MR) is 131 cm³/mol. The molecule has 0 saturated heterocycles. The fraction of sp³-hybridized carbons (Fsp3) is 0.923. The summed E-state index contributed by atoms with van der Waals surface area (Å²) < 4.78 is 5.04. The van der Waals surface area contributed by atoms with Crippen LogP contribution in [0.15, 0.2) is 0 Å². The van der Waals surface area contributed by atoms with Gasteiger partial charge in [0.15, 0.2) is 0 Å². The molecule has 0 aromatic rings. The van der Waals surface area contributed by atoms with Gasteiger partial charge in [-0.05, 0) is 19.8 Å². The number of ether oxygens (including phenoxy) is 1. The van der Waals surface area contributed by atoms with Crippen molar-refractivity contribution in [1.82, 2.24) is 0 Å². The van der Waals surface area contributed by atoms with Crippen molar-refractivity contribution in [1.29, 1.82) is 0 Å². The third-order valence-electron chi connectivity index (χ3n) is 5.71. The Labute approximate surface area is 226 Å². The maximum absolute atomic E-state index is 10.8. The van der Waals surface area contributed by atoms with E-state index in [-0.39, 0.29) is 63.5 Å². The van der Waals surface area contributed by atoms with Crippen molar-refractivity contribution < 1.29 is 9.53 Å². The third kappa shape index (κ3) is 29.1. The van der Waals surface area contributed by atoms with Crippen molar-refractivity contribution in [3.8, 4) is 0 Å². The molecule has 0 spiro atoms. The van der Waals surface area contributed by atoms with E-state index in [0.29, 0.717) is 0 Å². The summed E-state index contributed by atoms with van der Waals surface area (Å²) in [5, 5.41) is 0. The average molecular weight is 436 g/mol. The third-order valence-corrected chi connectivity index (χ3v) is 5.71. The van der Waals surface area contributed by atoms with Crippen LogP contribution in [0.25, 0.3) is 0 Å². The van der Waals surface area contributed by atoms with Crippen molar-refractivity contribution in [3.63, 3.8) is 0 Å². The molecule has 0 N–H and O–H groups in total. The van der Waals surface area contributed by atoms with Crippen LogP contribution in [0.1, 0.15) is 149 Å². The van der Waals surface area contributed by atoms with Gasteiger partial charge in [-0.15, -0.1) is 0 Å². The van der Waals surface area contributed by atoms with E-state index in [0.717, 1.165) is 12.8 Å². The van der Waals surface area contributed by atoms with E-state index in [1.165, 1.54) is 129 Å². The van der Waals surface area contributed by atoms with Crippen LogP contribution in [-0.4, -0.2) is 63.5 Å². The summed E-state index contributed by atoms with van der Waals surface area (Å²) in [7, 11) is 0. The zero-order valence-electron chi connectivity index (χ0n) is 19.5. The molecule has 1 atom stereocenters. The molecule has 0 rings (SSSR count). The SMILES string of the molecule is [CH2]C(CCCCCCCCCCCCCCCCCCCCCC)OC(C)=O.[KH]. The summed E-state index contributed by atoms with van der Waals surface area (Å²) in [6.07, 6.45) is 28.8. The van der Waals surface area contributed by atoms with Crippen molar-refractivity contribution in [3.05, 3.63) is 6.92 Å². The molecule has 0 aliphatic carbocycles. The number of carbonyl (C=O) groups is 1. The zero-order chi connectivity index (χ0) is 20.7. The van der Waals surface area contributed by atoms with Crippen molar-refractivity contribution >= 4 is 57.4 Å². The number of carbonyl (C=O) groups excluding carboxylic acids is 1. The zero-order valence-corrected chi connectivity index (χ0v) is 19.5. The van der Waals surface area contributed by atoms with E-state index in [1.807, 2.05) is 0 Å². The molecule has 0 saturated carbocycles. The fourth-order valence-corrected chi connectivity index (χ4v) is 3.92. The minimum atomic E-state index is -0.215. The van der Waals surface area contributed by atoms with Crippen molar-refractivity contribution in [2.45, 2.75) is 155 Å². The molecular weight excluding hydrogens is 383 g/mol. The molecule has 0 aromatic carbocycles. The van der Waals surface area contributed by atoms with Gasteiger partial charge in [-0.3, -0.25) is 4.79 Å². The molecule has 1 radical (unpaired) electrons. The monoisotopic (exact) mass is 435 g/mol. The molecule has 0 heterocycles. The molecular formula is C26H52KO2. The van der Waals surface area contributed by atoms with Crippen LogP contribution in [0.4, 0.5) is 0 Å². The first-order valence-electron chi connectivity index (χ1n) is 12.7. The molecule has 2 nitrogen and oxygen atoms in total. The number of esters is 1. The van der Waals surface area contributed by atoms with E-state index >= 15 is 0 Å². The van der Waals surface area contributed by atoms with Gasteiger partial charge in [-0.1, -0.05) is 129 Å². The Balaban J connectivity index is 0. The molecule has 0 aliphatic rings. The molecule has 0 aliphatic heterocycles. The van der Waals surface area contributed by atoms with Gasteiger partial charge in [0.1, 0.15) is 6.10 Å².